The van der Waals surface area contributed by atoms with E-state index >= 15 is 0 Å². The average molecular weight is 304 g/mol. The summed E-state index contributed by atoms with van der Waals surface area (Å²) in [6, 6.07) is 6.82. The normalized spacial score (nSPS) is 12.0. The fourth-order valence-electron chi connectivity index (χ4n) is 1.62. The molecule has 110 valence electrons. The number of thioether (sulfide) groups is 1. The van der Waals surface area contributed by atoms with Gasteiger partial charge in [0.1, 0.15) is 6.33 Å². The third kappa shape index (κ3) is 3.91. The maximum atomic E-state index is 12.1. The summed E-state index contributed by atoms with van der Waals surface area (Å²) >= 11 is 1.34. The maximum Gasteiger partial charge on any atom is 0.237 e. The molecule has 1 heterocycles. The van der Waals surface area contributed by atoms with Crippen molar-refractivity contribution in [2.75, 3.05) is 5.32 Å². The highest BCUT2D eigenvalue weighted by atomic mass is 32.2. The predicted octanol–water partition coefficient (Wildman–Crippen LogP) is 2.14. The first kappa shape index (κ1) is 15.2. The van der Waals surface area contributed by atoms with Gasteiger partial charge in [-0.25, -0.2) is 0 Å². The van der Waals surface area contributed by atoms with Gasteiger partial charge in [-0.2, -0.15) is 0 Å². The van der Waals surface area contributed by atoms with Crippen molar-refractivity contribution < 1.29 is 9.59 Å². The van der Waals surface area contributed by atoms with E-state index in [9.17, 15) is 9.59 Å². The van der Waals surface area contributed by atoms with Gasteiger partial charge >= 0.3 is 0 Å². The van der Waals surface area contributed by atoms with Gasteiger partial charge in [-0.3, -0.25) is 9.59 Å². The van der Waals surface area contributed by atoms with Crippen LogP contribution >= 0.6 is 11.8 Å². The highest BCUT2D eigenvalue weighted by molar-refractivity contribution is 8.00. The lowest BCUT2D eigenvalue weighted by atomic mass is 10.1. The molecular formula is C14H16N4O2S. The number of hydrogen-bond acceptors (Lipinski definition) is 5. The third-order valence-corrected chi connectivity index (χ3v) is 4.03. The van der Waals surface area contributed by atoms with E-state index in [0.29, 0.717) is 16.4 Å². The van der Waals surface area contributed by atoms with Crippen LogP contribution < -0.4 is 5.32 Å². The van der Waals surface area contributed by atoms with Crippen LogP contribution in [0.3, 0.4) is 0 Å². The first-order chi connectivity index (χ1) is 9.97. The summed E-state index contributed by atoms with van der Waals surface area (Å²) in [5.74, 6) is -0.127. The van der Waals surface area contributed by atoms with E-state index < -0.39 is 0 Å². The summed E-state index contributed by atoms with van der Waals surface area (Å²) in [6.07, 6.45) is 1.59. The lowest BCUT2D eigenvalue weighted by Crippen LogP contribution is -2.22. The standard InChI is InChI=1S/C14H16N4O2S/c1-9(19)11-4-6-12(7-5-11)16-13(20)10(2)21-14-17-15-8-18(14)3/h4-8,10H,1-3H3,(H,16,20)/t10-/m1/s1. The molecule has 0 aliphatic heterocycles. The van der Waals surface area contributed by atoms with Gasteiger partial charge in [-0.15, -0.1) is 10.2 Å². The summed E-state index contributed by atoms with van der Waals surface area (Å²) in [5, 5.41) is 10.9. The summed E-state index contributed by atoms with van der Waals surface area (Å²) in [6.45, 7) is 3.31. The second kappa shape index (κ2) is 6.53. The molecule has 1 atom stereocenters. The molecule has 1 amide bonds. The van der Waals surface area contributed by atoms with E-state index in [-0.39, 0.29) is 16.9 Å². The quantitative estimate of drug-likeness (QED) is 0.676. The summed E-state index contributed by atoms with van der Waals surface area (Å²) in [5.41, 5.74) is 1.28. The van der Waals surface area contributed by atoms with Crippen molar-refractivity contribution in [3.8, 4) is 0 Å². The average Bonchev–Trinajstić information content (AvgIpc) is 2.84. The van der Waals surface area contributed by atoms with Crippen LogP contribution in [0.5, 0.6) is 0 Å². The number of Topliss-reactive ketones (excluding diaryl/α,β-unsaturated/α-hetero) is 1. The number of benzene rings is 1. The number of hydrogen-bond donors (Lipinski definition) is 1. The van der Waals surface area contributed by atoms with Crippen molar-refractivity contribution in [3.05, 3.63) is 36.2 Å². The number of anilines is 1. The Morgan fingerprint density at radius 2 is 1.95 bits per heavy atom. The number of aryl methyl sites for hydroxylation is 1. The number of carbonyl (C=O) groups excluding carboxylic acids is 2. The molecule has 0 radical (unpaired) electrons. The van der Waals surface area contributed by atoms with Gasteiger partial charge in [-0.05, 0) is 38.1 Å². The molecule has 1 aromatic carbocycles. The molecule has 6 nitrogen and oxygen atoms in total. The van der Waals surface area contributed by atoms with Gasteiger partial charge in [-0.1, -0.05) is 11.8 Å². The lowest BCUT2D eigenvalue weighted by Gasteiger charge is -2.11. The Morgan fingerprint density at radius 3 is 2.48 bits per heavy atom. The smallest absolute Gasteiger partial charge is 0.237 e. The Bertz CT molecular complexity index is 651. The molecule has 0 saturated carbocycles. The Hall–Kier alpha value is -2.15. The van der Waals surface area contributed by atoms with Crippen molar-refractivity contribution in [2.24, 2.45) is 7.05 Å². The number of ketones is 1. The molecule has 0 spiro atoms. The Balaban J connectivity index is 1.97. The minimum absolute atomic E-state index is 0.000850. The Labute approximate surface area is 127 Å². The van der Waals surface area contributed by atoms with Gasteiger partial charge < -0.3 is 9.88 Å². The van der Waals surface area contributed by atoms with Crippen molar-refractivity contribution in [2.45, 2.75) is 24.3 Å². The highest BCUT2D eigenvalue weighted by Gasteiger charge is 2.17. The zero-order valence-electron chi connectivity index (χ0n) is 12.0. The van der Waals surface area contributed by atoms with E-state index in [1.54, 1.807) is 42.1 Å². The molecule has 0 unspecified atom stereocenters. The van der Waals surface area contributed by atoms with E-state index in [1.165, 1.54) is 18.7 Å². The summed E-state index contributed by atoms with van der Waals surface area (Å²) in [7, 11) is 1.83. The van der Waals surface area contributed by atoms with Gasteiger partial charge in [0.2, 0.25) is 5.91 Å². The van der Waals surface area contributed by atoms with Crippen LogP contribution in [-0.2, 0) is 11.8 Å². The van der Waals surface area contributed by atoms with Crippen LogP contribution in [0.4, 0.5) is 5.69 Å². The Morgan fingerprint density at radius 1 is 1.29 bits per heavy atom. The zero-order valence-corrected chi connectivity index (χ0v) is 12.8. The zero-order chi connectivity index (χ0) is 15.4. The van der Waals surface area contributed by atoms with Gasteiger partial charge in [0.15, 0.2) is 10.9 Å². The molecule has 0 aliphatic carbocycles. The van der Waals surface area contributed by atoms with E-state index in [1.807, 2.05) is 7.05 Å². The molecule has 21 heavy (non-hydrogen) atoms. The van der Waals surface area contributed by atoms with Crippen molar-refractivity contribution in [1.82, 2.24) is 14.8 Å². The molecule has 7 heteroatoms. The SMILES string of the molecule is CC(=O)c1ccc(NC(=O)[C@@H](C)Sc2nncn2C)cc1. The minimum Gasteiger partial charge on any atom is -0.325 e. The maximum absolute atomic E-state index is 12.1. The number of amides is 1. The molecular weight excluding hydrogens is 288 g/mol. The molecule has 1 aromatic heterocycles. The number of rotatable bonds is 5. The predicted molar refractivity (Wildman–Crippen MR) is 81.4 cm³/mol. The van der Waals surface area contributed by atoms with Crippen LogP contribution in [0.1, 0.15) is 24.2 Å². The molecule has 2 aromatic rings. The fraction of sp³-hybridized carbons (Fsp3) is 0.286. The minimum atomic E-state index is -0.305. The van der Waals surface area contributed by atoms with Crippen LogP contribution in [0, 0.1) is 0 Å². The molecule has 0 fully saturated rings. The topological polar surface area (TPSA) is 76.9 Å². The lowest BCUT2D eigenvalue weighted by molar-refractivity contribution is -0.115. The number of aromatic nitrogens is 3. The third-order valence-electron chi connectivity index (χ3n) is 2.88. The molecule has 0 saturated heterocycles. The van der Waals surface area contributed by atoms with Crippen molar-refractivity contribution in [1.29, 1.82) is 0 Å². The number of nitrogens with zero attached hydrogens (tertiary/aromatic N) is 3. The molecule has 2 rings (SSSR count). The second-order valence-electron chi connectivity index (χ2n) is 4.61. The van der Waals surface area contributed by atoms with Crippen LogP contribution in [0.15, 0.2) is 35.7 Å². The summed E-state index contributed by atoms with van der Waals surface area (Å²) < 4.78 is 1.76. The fourth-order valence-corrected chi connectivity index (χ4v) is 2.41. The van der Waals surface area contributed by atoms with Crippen LogP contribution in [0.2, 0.25) is 0 Å². The number of carbonyl (C=O) groups is 2. The van der Waals surface area contributed by atoms with Crippen molar-refractivity contribution in [3.63, 3.8) is 0 Å². The number of nitrogens with one attached hydrogen (secondary N) is 1. The van der Waals surface area contributed by atoms with Gasteiger partial charge in [0.25, 0.3) is 0 Å². The highest BCUT2D eigenvalue weighted by Crippen LogP contribution is 2.21. The van der Waals surface area contributed by atoms with Gasteiger partial charge in [0.05, 0.1) is 5.25 Å². The first-order valence-electron chi connectivity index (χ1n) is 6.40. The van der Waals surface area contributed by atoms with Crippen LogP contribution in [0.25, 0.3) is 0 Å². The largest absolute Gasteiger partial charge is 0.325 e. The van der Waals surface area contributed by atoms with Crippen LogP contribution in [-0.4, -0.2) is 31.7 Å². The van der Waals surface area contributed by atoms with E-state index in [0.717, 1.165) is 0 Å². The molecule has 0 bridgehead atoms. The van der Waals surface area contributed by atoms with Crippen molar-refractivity contribution >= 4 is 29.1 Å². The first-order valence-corrected chi connectivity index (χ1v) is 7.28. The molecule has 0 aliphatic rings. The van der Waals surface area contributed by atoms with E-state index in [4.69, 9.17) is 0 Å². The summed E-state index contributed by atoms with van der Waals surface area (Å²) in [4.78, 5) is 23.3. The van der Waals surface area contributed by atoms with E-state index in [2.05, 4.69) is 15.5 Å². The Kier molecular flexibility index (Phi) is 4.74. The molecule has 1 N–H and O–H groups in total. The van der Waals surface area contributed by atoms with Gasteiger partial charge in [0, 0.05) is 18.3 Å². The second-order valence-corrected chi connectivity index (χ2v) is 5.92. The monoisotopic (exact) mass is 304 g/mol.